The first-order valence-corrected chi connectivity index (χ1v) is 6.20. The molecule has 6 nitrogen and oxygen atoms in total. The highest BCUT2D eigenvalue weighted by Gasteiger charge is 2.16. The molecule has 0 spiro atoms. The van der Waals surface area contributed by atoms with E-state index in [1.54, 1.807) is 6.07 Å². The van der Waals surface area contributed by atoms with Crippen molar-refractivity contribution >= 4 is 0 Å². The molecule has 0 N–H and O–H groups in total. The van der Waals surface area contributed by atoms with Crippen molar-refractivity contribution in [1.29, 1.82) is 0 Å². The maximum atomic E-state index is 11.8. The van der Waals surface area contributed by atoms with Crippen LogP contribution in [0.15, 0.2) is 44.2 Å². The standard InChI is InChI=1S/C14H13N3O3/c1-9-5-3-4-6-12(9)13-16-20-14(18)17(13)8-11-7-10(2)15-19-11/h3-7H,8H2,1-2H3. The van der Waals surface area contributed by atoms with Gasteiger partial charge < -0.3 is 4.52 Å². The normalized spacial score (nSPS) is 10.9. The molecule has 0 fully saturated rings. The maximum Gasteiger partial charge on any atom is 0.442 e. The topological polar surface area (TPSA) is 74.1 Å². The van der Waals surface area contributed by atoms with Gasteiger partial charge in [0, 0.05) is 11.6 Å². The zero-order valence-electron chi connectivity index (χ0n) is 11.2. The molecule has 2 aromatic heterocycles. The van der Waals surface area contributed by atoms with Crippen LogP contribution in [0, 0.1) is 13.8 Å². The monoisotopic (exact) mass is 271 g/mol. The SMILES string of the molecule is Cc1cc(Cn2c(-c3ccccc3C)noc2=O)on1. The van der Waals surface area contributed by atoms with Gasteiger partial charge in [0.25, 0.3) is 0 Å². The fraction of sp³-hybridized carbons (Fsp3) is 0.214. The van der Waals surface area contributed by atoms with Crippen LogP contribution < -0.4 is 5.76 Å². The number of hydrogen-bond donors (Lipinski definition) is 0. The molecule has 0 saturated heterocycles. The van der Waals surface area contributed by atoms with Crippen LogP contribution in [0.2, 0.25) is 0 Å². The molecule has 2 heterocycles. The van der Waals surface area contributed by atoms with Gasteiger partial charge in [-0.2, -0.15) is 0 Å². The van der Waals surface area contributed by atoms with Gasteiger partial charge in [-0.25, -0.2) is 9.36 Å². The lowest BCUT2D eigenvalue weighted by molar-refractivity contribution is 0.356. The summed E-state index contributed by atoms with van der Waals surface area (Å²) in [5.74, 6) is 0.557. The minimum atomic E-state index is -0.516. The summed E-state index contributed by atoms with van der Waals surface area (Å²) in [4.78, 5) is 11.8. The van der Waals surface area contributed by atoms with Crippen molar-refractivity contribution in [2.24, 2.45) is 0 Å². The second kappa shape index (κ2) is 4.80. The second-order valence-corrected chi connectivity index (χ2v) is 4.61. The van der Waals surface area contributed by atoms with Crippen molar-refractivity contribution < 1.29 is 9.05 Å². The minimum absolute atomic E-state index is 0.243. The second-order valence-electron chi connectivity index (χ2n) is 4.61. The summed E-state index contributed by atoms with van der Waals surface area (Å²) in [6, 6.07) is 9.46. The molecular weight excluding hydrogens is 258 g/mol. The molecule has 20 heavy (non-hydrogen) atoms. The zero-order chi connectivity index (χ0) is 14.1. The lowest BCUT2D eigenvalue weighted by atomic mass is 10.1. The lowest BCUT2D eigenvalue weighted by Gasteiger charge is -2.04. The Balaban J connectivity index is 2.06. The molecule has 0 aliphatic carbocycles. The predicted octanol–water partition coefficient (Wildman–Crippen LogP) is 2.16. The van der Waals surface area contributed by atoms with E-state index in [0.717, 1.165) is 16.8 Å². The summed E-state index contributed by atoms with van der Waals surface area (Å²) in [5, 5.41) is 7.67. The number of aromatic nitrogens is 3. The van der Waals surface area contributed by atoms with Crippen LogP contribution in [-0.2, 0) is 6.54 Å². The van der Waals surface area contributed by atoms with E-state index < -0.39 is 5.76 Å². The molecule has 0 amide bonds. The van der Waals surface area contributed by atoms with E-state index in [1.807, 2.05) is 38.1 Å². The van der Waals surface area contributed by atoms with E-state index in [9.17, 15) is 4.79 Å². The molecule has 0 unspecified atom stereocenters. The fourth-order valence-corrected chi connectivity index (χ4v) is 2.07. The smallest absolute Gasteiger partial charge is 0.359 e. The highest BCUT2D eigenvalue weighted by Crippen LogP contribution is 2.20. The summed E-state index contributed by atoms with van der Waals surface area (Å²) in [5.41, 5.74) is 2.64. The van der Waals surface area contributed by atoms with Crippen LogP contribution in [0.25, 0.3) is 11.4 Å². The van der Waals surface area contributed by atoms with E-state index in [2.05, 4.69) is 10.3 Å². The van der Waals surface area contributed by atoms with E-state index in [0.29, 0.717) is 11.6 Å². The first kappa shape index (κ1) is 12.4. The van der Waals surface area contributed by atoms with Crippen molar-refractivity contribution in [3.63, 3.8) is 0 Å². The molecule has 102 valence electrons. The number of rotatable bonds is 3. The maximum absolute atomic E-state index is 11.8. The molecular formula is C14H13N3O3. The van der Waals surface area contributed by atoms with Gasteiger partial charge in [-0.3, -0.25) is 4.52 Å². The molecule has 0 aliphatic rings. The summed E-state index contributed by atoms with van der Waals surface area (Å²) >= 11 is 0. The average molecular weight is 271 g/mol. The van der Waals surface area contributed by atoms with E-state index >= 15 is 0 Å². The lowest BCUT2D eigenvalue weighted by Crippen LogP contribution is -2.16. The van der Waals surface area contributed by atoms with Crippen LogP contribution in [0.4, 0.5) is 0 Å². The van der Waals surface area contributed by atoms with Crippen LogP contribution >= 0.6 is 0 Å². The predicted molar refractivity (Wildman–Crippen MR) is 71.3 cm³/mol. The Labute approximate surface area is 114 Å². The molecule has 0 saturated carbocycles. The number of aryl methyl sites for hydroxylation is 2. The Morgan fingerprint density at radius 2 is 1.95 bits per heavy atom. The molecule has 0 bridgehead atoms. The Kier molecular flexibility index (Phi) is 2.98. The van der Waals surface area contributed by atoms with Crippen LogP contribution in [-0.4, -0.2) is 14.9 Å². The number of benzene rings is 1. The molecule has 3 aromatic rings. The Morgan fingerprint density at radius 1 is 1.15 bits per heavy atom. The molecule has 6 heteroatoms. The average Bonchev–Trinajstić information content (AvgIpc) is 2.99. The molecule has 0 atom stereocenters. The van der Waals surface area contributed by atoms with Crippen LogP contribution in [0.3, 0.4) is 0 Å². The van der Waals surface area contributed by atoms with Crippen molar-refractivity contribution in [2.45, 2.75) is 20.4 Å². The Hall–Kier alpha value is -2.63. The van der Waals surface area contributed by atoms with Gasteiger partial charge in [0.1, 0.15) is 0 Å². The zero-order valence-corrected chi connectivity index (χ0v) is 11.2. The first-order valence-electron chi connectivity index (χ1n) is 6.20. The van der Waals surface area contributed by atoms with Gasteiger partial charge in [0.2, 0.25) is 0 Å². The Bertz CT molecular complexity index is 798. The van der Waals surface area contributed by atoms with Gasteiger partial charge in [-0.15, -0.1) is 0 Å². The van der Waals surface area contributed by atoms with Gasteiger partial charge in [0.15, 0.2) is 11.6 Å². The third-order valence-electron chi connectivity index (χ3n) is 3.06. The van der Waals surface area contributed by atoms with Crippen LogP contribution in [0.5, 0.6) is 0 Å². The van der Waals surface area contributed by atoms with Gasteiger partial charge >= 0.3 is 5.76 Å². The third kappa shape index (κ3) is 2.16. The minimum Gasteiger partial charge on any atom is -0.359 e. The van der Waals surface area contributed by atoms with Crippen molar-refractivity contribution in [1.82, 2.24) is 14.9 Å². The largest absolute Gasteiger partial charge is 0.442 e. The van der Waals surface area contributed by atoms with E-state index in [1.165, 1.54) is 4.57 Å². The van der Waals surface area contributed by atoms with Crippen molar-refractivity contribution in [3.8, 4) is 11.4 Å². The molecule has 3 rings (SSSR count). The van der Waals surface area contributed by atoms with Gasteiger partial charge in [-0.1, -0.05) is 34.6 Å². The third-order valence-corrected chi connectivity index (χ3v) is 3.06. The highest BCUT2D eigenvalue weighted by molar-refractivity contribution is 5.59. The van der Waals surface area contributed by atoms with Gasteiger partial charge in [0.05, 0.1) is 12.2 Å². The quantitative estimate of drug-likeness (QED) is 0.729. The fourth-order valence-electron chi connectivity index (χ4n) is 2.07. The summed E-state index contributed by atoms with van der Waals surface area (Å²) in [6.07, 6.45) is 0. The first-order chi connectivity index (χ1) is 9.65. The van der Waals surface area contributed by atoms with Crippen LogP contribution in [0.1, 0.15) is 17.0 Å². The summed E-state index contributed by atoms with van der Waals surface area (Å²) in [7, 11) is 0. The van der Waals surface area contributed by atoms with E-state index in [-0.39, 0.29) is 6.54 Å². The van der Waals surface area contributed by atoms with Gasteiger partial charge in [-0.05, 0) is 19.4 Å². The number of hydrogen-bond acceptors (Lipinski definition) is 5. The highest BCUT2D eigenvalue weighted by atomic mass is 16.5. The van der Waals surface area contributed by atoms with E-state index in [4.69, 9.17) is 9.05 Å². The molecule has 1 aromatic carbocycles. The summed E-state index contributed by atoms with van der Waals surface area (Å²) in [6.45, 7) is 4.02. The Morgan fingerprint density at radius 3 is 2.65 bits per heavy atom. The van der Waals surface area contributed by atoms with Crippen molar-refractivity contribution in [3.05, 3.63) is 57.9 Å². The molecule has 0 radical (unpaired) electrons. The van der Waals surface area contributed by atoms with Crippen molar-refractivity contribution in [2.75, 3.05) is 0 Å². The number of nitrogens with zero attached hydrogens (tertiary/aromatic N) is 3. The molecule has 0 aliphatic heterocycles. The summed E-state index contributed by atoms with van der Waals surface area (Å²) < 4.78 is 11.3.